The molecule has 2 unspecified atom stereocenters. The third-order valence-corrected chi connectivity index (χ3v) is 4.14. The minimum Gasteiger partial charge on any atom is -0.303 e. The third-order valence-electron chi connectivity index (χ3n) is 4.14. The van der Waals surface area contributed by atoms with Crippen LogP contribution >= 0.6 is 0 Å². The molecule has 2 heteroatoms. The average molecular weight is 196 g/mol. The summed E-state index contributed by atoms with van der Waals surface area (Å²) in [6.07, 6.45) is 8.55. The monoisotopic (exact) mass is 196 g/mol. The van der Waals surface area contributed by atoms with E-state index in [1.807, 2.05) is 0 Å². The first-order valence-electron chi connectivity index (χ1n) is 6.18. The molecule has 2 atom stereocenters. The van der Waals surface area contributed by atoms with Gasteiger partial charge in [0.2, 0.25) is 0 Å². The Morgan fingerprint density at radius 2 is 1.43 bits per heavy atom. The van der Waals surface area contributed by atoms with Crippen LogP contribution in [0.4, 0.5) is 0 Å². The number of hydrogen-bond donors (Lipinski definition) is 0. The third kappa shape index (κ3) is 2.29. The van der Waals surface area contributed by atoms with E-state index < -0.39 is 0 Å². The van der Waals surface area contributed by atoms with Gasteiger partial charge < -0.3 is 9.80 Å². The highest BCUT2D eigenvalue weighted by Crippen LogP contribution is 2.25. The molecule has 0 amide bonds. The van der Waals surface area contributed by atoms with Crippen LogP contribution in [0.1, 0.15) is 38.5 Å². The van der Waals surface area contributed by atoms with Crippen LogP contribution < -0.4 is 0 Å². The van der Waals surface area contributed by atoms with Gasteiger partial charge in [-0.3, -0.25) is 0 Å². The first kappa shape index (κ1) is 10.4. The van der Waals surface area contributed by atoms with Crippen molar-refractivity contribution < 1.29 is 0 Å². The Kier molecular flexibility index (Phi) is 3.45. The lowest BCUT2D eigenvalue weighted by Crippen LogP contribution is -2.40. The van der Waals surface area contributed by atoms with Gasteiger partial charge in [-0.15, -0.1) is 0 Å². The highest BCUT2D eigenvalue weighted by atomic mass is 15.2. The van der Waals surface area contributed by atoms with Gasteiger partial charge in [-0.05, 0) is 59.3 Å². The van der Waals surface area contributed by atoms with Gasteiger partial charge in [0, 0.05) is 12.1 Å². The molecule has 0 saturated carbocycles. The molecule has 0 aromatic carbocycles. The Morgan fingerprint density at radius 3 is 2.00 bits per heavy atom. The number of hydrogen-bond acceptors (Lipinski definition) is 2. The van der Waals surface area contributed by atoms with E-state index in [2.05, 4.69) is 23.9 Å². The lowest BCUT2D eigenvalue weighted by Gasteiger charge is -2.35. The molecule has 0 N–H and O–H groups in total. The van der Waals surface area contributed by atoms with Crippen LogP contribution in [0.2, 0.25) is 0 Å². The predicted molar refractivity (Wildman–Crippen MR) is 60.5 cm³/mol. The maximum absolute atomic E-state index is 2.58. The highest BCUT2D eigenvalue weighted by Gasteiger charge is 2.27. The summed E-state index contributed by atoms with van der Waals surface area (Å²) < 4.78 is 0. The fourth-order valence-corrected chi connectivity index (χ4v) is 3.03. The first-order valence-corrected chi connectivity index (χ1v) is 6.18. The summed E-state index contributed by atoms with van der Waals surface area (Å²) in [5.41, 5.74) is 0. The molecule has 2 aliphatic rings. The molecule has 0 spiro atoms. The minimum atomic E-state index is 0.870. The second-order valence-electron chi connectivity index (χ2n) is 5.14. The first-order chi connectivity index (χ1) is 6.77. The topological polar surface area (TPSA) is 6.48 Å². The van der Waals surface area contributed by atoms with Crippen molar-refractivity contribution in [3.05, 3.63) is 0 Å². The van der Waals surface area contributed by atoms with E-state index in [1.54, 1.807) is 0 Å². The molecule has 2 heterocycles. The summed E-state index contributed by atoms with van der Waals surface area (Å²) in [6, 6.07) is 1.75. The molecule has 2 aliphatic heterocycles. The molecule has 0 aromatic rings. The molecule has 0 aromatic heterocycles. The fourth-order valence-electron chi connectivity index (χ4n) is 3.03. The van der Waals surface area contributed by atoms with Crippen molar-refractivity contribution in [3.8, 4) is 0 Å². The Balaban J connectivity index is 1.83. The maximum Gasteiger partial charge on any atom is 0.0108 e. The lowest BCUT2D eigenvalue weighted by atomic mass is 9.95. The van der Waals surface area contributed by atoms with Gasteiger partial charge in [-0.2, -0.15) is 0 Å². The molecule has 0 radical (unpaired) electrons. The highest BCUT2D eigenvalue weighted by molar-refractivity contribution is 4.84. The maximum atomic E-state index is 2.58. The molecule has 2 rings (SSSR count). The summed E-state index contributed by atoms with van der Waals surface area (Å²) in [7, 11) is 4.60. The Bertz CT molecular complexity index is 181. The molecule has 14 heavy (non-hydrogen) atoms. The Morgan fingerprint density at radius 1 is 0.857 bits per heavy atom. The second-order valence-corrected chi connectivity index (χ2v) is 5.14. The Labute approximate surface area is 88.3 Å². The summed E-state index contributed by atoms with van der Waals surface area (Å²) in [5, 5.41) is 0. The van der Waals surface area contributed by atoms with Crippen LogP contribution in [-0.4, -0.2) is 49.1 Å². The summed E-state index contributed by atoms with van der Waals surface area (Å²) in [5.74, 6) is 0. The van der Waals surface area contributed by atoms with Crippen LogP contribution in [0.15, 0.2) is 0 Å². The van der Waals surface area contributed by atoms with Gasteiger partial charge in [0.25, 0.3) is 0 Å². The zero-order valence-electron chi connectivity index (χ0n) is 9.71. The van der Waals surface area contributed by atoms with Gasteiger partial charge >= 0.3 is 0 Å². The van der Waals surface area contributed by atoms with E-state index in [1.165, 1.54) is 51.6 Å². The predicted octanol–water partition coefficient (Wildman–Crippen LogP) is 1.95. The van der Waals surface area contributed by atoms with E-state index in [9.17, 15) is 0 Å². The summed E-state index contributed by atoms with van der Waals surface area (Å²) in [6.45, 7) is 2.64. The Hall–Kier alpha value is -0.0800. The van der Waals surface area contributed by atoms with Crippen LogP contribution in [0.25, 0.3) is 0 Å². The zero-order chi connectivity index (χ0) is 9.97. The van der Waals surface area contributed by atoms with Gasteiger partial charge in [0.05, 0.1) is 0 Å². The minimum absolute atomic E-state index is 0.870. The van der Waals surface area contributed by atoms with Crippen molar-refractivity contribution in [2.45, 2.75) is 50.6 Å². The van der Waals surface area contributed by atoms with Crippen molar-refractivity contribution >= 4 is 0 Å². The van der Waals surface area contributed by atoms with E-state index in [0.29, 0.717) is 0 Å². The normalized spacial score (nSPS) is 36.4. The fraction of sp³-hybridized carbons (Fsp3) is 1.00. The number of likely N-dealkylation sites (tertiary alicyclic amines) is 2. The van der Waals surface area contributed by atoms with Crippen molar-refractivity contribution in [2.24, 2.45) is 0 Å². The van der Waals surface area contributed by atoms with E-state index in [-0.39, 0.29) is 0 Å². The van der Waals surface area contributed by atoms with Gasteiger partial charge in [0.15, 0.2) is 0 Å². The van der Waals surface area contributed by atoms with Crippen LogP contribution in [0.3, 0.4) is 0 Å². The van der Waals surface area contributed by atoms with Crippen molar-refractivity contribution in [2.75, 3.05) is 27.2 Å². The molecular formula is C12H24N2. The number of rotatable bonds is 2. The smallest absolute Gasteiger partial charge is 0.0108 e. The molecule has 0 bridgehead atoms. The van der Waals surface area contributed by atoms with E-state index >= 15 is 0 Å². The molecular weight excluding hydrogens is 172 g/mol. The second kappa shape index (κ2) is 4.63. The molecule has 0 aliphatic carbocycles. The zero-order valence-corrected chi connectivity index (χ0v) is 9.71. The van der Waals surface area contributed by atoms with Gasteiger partial charge in [-0.1, -0.05) is 6.42 Å². The molecule has 2 saturated heterocycles. The SMILES string of the molecule is CN1CCCCC1CC1CCCN1C. The summed E-state index contributed by atoms with van der Waals surface area (Å²) in [4.78, 5) is 5.14. The van der Waals surface area contributed by atoms with Crippen molar-refractivity contribution in [3.63, 3.8) is 0 Å². The number of nitrogens with zero attached hydrogens (tertiary/aromatic N) is 2. The quantitative estimate of drug-likeness (QED) is 0.666. The van der Waals surface area contributed by atoms with Gasteiger partial charge in [0.1, 0.15) is 0 Å². The standard InChI is InChI=1S/C12H24N2/c1-13-8-4-3-6-11(13)10-12-7-5-9-14(12)2/h11-12H,3-10H2,1-2H3. The van der Waals surface area contributed by atoms with E-state index in [4.69, 9.17) is 0 Å². The average Bonchev–Trinajstić information content (AvgIpc) is 2.56. The largest absolute Gasteiger partial charge is 0.303 e. The van der Waals surface area contributed by atoms with Gasteiger partial charge in [-0.25, -0.2) is 0 Å². The molecule has 82 valence electrons. The summed E-state index contributed by atoms with van der Waals surface area (Å²) >= 11 is 0. The van der Waals surface area contributed by atoms with E-state index in [0.717, 1.165) is 12.1 Å². The number of piperidine rings is 1. The van der Waals surface area contributed by atoms with Crippen LogP contribution in [0, 0.1) is 0 Å². The van der Waals surface area contributed by atoms with Crippen LogP contribution in [-0.2, 0) is 0 Å². The molecule has 2 nitrogen and oxygen atoms in total. The lowest BCUT2D eigenvalue weighted by molar-refractivity contribution is 0.144. The van der Waals surface area contributed by atoms with Crippen molar-refractivity contribution in [1.29, 1.82) is 0 Å². The van der Waals surface area contributed by atoms with Crippen molar-refractivity contribution in [1.82, 2.24) is 9.80 Å². The van der Waals surface area contributed by atoms with Crippen LogP contribution in [0.5, 0.6) is 0 Å². The molecule has 2 fully saturated rings.